The number of carbonyl (C=O) groups excluding carboxylic acids is 1. The van der Waals surface area contributed by atoms with Crippen LogP contribution in [-0.2, 0) is 12.0 Å². The molecule has 2 aromatic rings. The molecule has 2 heterocycles. The van der Waals surface area contributed by atoms with Crippen LogP contribution in [0.5, 0.6) is 0 Å². The average molecular weight is 393 g/mol. The number of carboxylic acids is 1. The van der Waals surface area contributed by atoms with Gasteiger partial charge in [0.05, 0.1) is 6.54 Å². The molecule has 1 amide bonds. The normalized spacial score (nSPS) is 18.1. The molecule has 118 valence electrons. The van der Waals surface area contributed by atoms with Gasteiger partial charge in [-0.3, -0.25) is 4.79 Å². The van der Waals surface area contributed by atoms with Crippen LogP contribution in [0.3, 0.4) is 0 Å². The summed E-state index contributed by atoms with van der Waals surface area (Å²) >= 11 is 4.77. The summed E-state index contributed by atoms with van der Waals surface area (Å²) in [7, 11) is 0. The largest absolute Gasteiger partial charge is 0.476 e. The summed E-state index contributed by atoms with van der Waals surface area (Å²) in [5.74, 6) is -1.04. The molecule has 1 fully saturated rings. The lowest BCUT2D eigenvalue weighted by molar-refractivity contribution is 0.0691. The van der Waals surface area contributed by atoms with Crippen molar-refractivity contribution in [3.63, 3.8) is 0 Å². The first-order chi connectivity index (χ1) is 11.0. The molecule has 23 heavy (non-hydrogen) atoms. The highest BCUT2D eigenvalue weighted by atomic mass is 79.9. The zero-order valence-corrected chi connectivity index (χ0v) is 14.5. The second kappa shape index (κ2) is 5.14. The van der Waals surface area contributed by atoms with E-state index in [1.807, 2.05) is 12.1 Å². The lowest BCUT2D eigenvalue weighted by Crippen LogP contribution is -2.42. The van der Waals surface area contributed by atoms with Gasteiger partial charge in [-0.2, -0.15) is 0 Å². The number of benzene rings is 1. The molecule has 5 nitrogen and oxygen atoms in total. The fourth-order valence-corrected chi connectivity index (χ4v) is 4.33. The lowest BCUT2D eigenvalue weighted by Gasteiger charge is -2.34. The summed E-state index contributed by atoms with van der Waals surface area (Å²) in [6.45, 7) is 1.05. The zero-order chi connectivity index (χ0) is 16.2. The molecule has 7 heteroatoms. The van der Waals surface area contributed by atoms with Crippen LogP contribution in [0, 0.1) is 0 Å². The van der Waals surface area contributed by atoms with Gasteiger partial charge >= 0.3 is 5.97 Å². The number of fused-ring (bicyclic) bond motifs is 2. The maximum atomic E-state index is 12.8. The third kappa shape index (κ3) is 2.48. The molecule has 0 unspecified atom stereocenters. The van der Waals surface area contributed by atoms with Crippen molar-refractivity contribution < 1.29 is 14.7 Å². The van der Waals surface area contributed by atoms with Gasteiger partial charge in [-0.1, -0.05) is 15.9 Å². The van der Waals surface area contributed by atoms with Crippen LogP contribution in [0.4, 0.5) is 0 Å². The van der Waals surface area contributed by atoms with Gasteiger partial charge in [0, 0.05) is 27.4 Å². The Hall–Kier alpha value is -1.73. The van der Waals surface area contributed by atoms with Crippen LogP contribution < -0.4 is 0 Å². The Morgan fingerprint density at radius 2 is 2.22 bits per heavy atom. The molecule has 1 aliphatic carbocycles. The van der Waals surface area contributed by atoms with Gasteiger partial charge in [0.25, 0.3) is 5.91 Å². The number of aromatic carboxylic acids is 1. The van der Waals surface area contributed by atoms with E-state index in [0.717, 1.165) is 28.4 Å². The van der Waals surface area contributed by atoms with Crippen molar-refractivity contribution in [3.05, 3.63) is 49.9 Å². The molecule has 0 saturated heterocycles. The third-order valence-corrected chi connectivity index (χ3v) is 5.84. The van der Waals surface area contributed by atoms with E-state index in [-0.39, 0.29) is 17.0 Å². The van der Waals surface area contributed by atoms with Crippen LogP contribution in [0.1, 0.15) is 44.3 Å². The van der Waals surface area contributed by atoms with Crippen molar-refractivity contribution in [1.82, 2.24) is 9.88 Å². The van der Waals surface area contributed by atoms with Gasteiger partial charge in [0.15, 0.2) is 5.69 Å². The smallest absolute Gasteiger partial charge is 0.355 e. The summed E-state index contributed by atoms with van der Waals surface area (Å²) < 4.78 is 0.995. The van der Waals surface area contributed by atoms with Gasteiger partial charge in [-0.25, -0.2) is 9.78 Å². The number of halogens is 1. The van der Waals surface area contributed by atoms with Crippen molar-refractivity contribution in [3.8, 4) is 0 Å². The van der Waals surface area contributed by atoms with Crippen molar-refractivity contribution >= 4 is 39.1 Å². The minimum atomic E-state index is -1.04. The molecule has 0 radical (unpaired) electrons. The standard InChI is InChI=1S/C16H13BrN2O3S/c17-9-1-2-10-11(5-9)16(3-4-16)8-19(14(10)20)6-13-18-12(7-23-13)15(21)22/h1-2,5,7H,3-4,6,8H2,(H,21,22). The number of hydrogen-bond acceptors (Lipinski definition) is 4. The Labute approximate surface area is 145 Å². The highest BCUT2D eigenvalue weighted by Gasteiger charge is 2.51. The molecule has 4 rings (SSSR count). The lowest BCUT2D eigenvalue weighted by atomic mass is 9.86. The Morgan fingerprint density at radius 1 is 1.43 bits per heavy atom. The van der Waals surface area contributed by atoms with Crippen molar-refractivity contribution in [2.45, 2.75) is 24.8 Å². The van der Waals surface area contributed by atoms with E-state index in [1.54, 1.807) is 4.90 Å². The average Bonchev–Trinajstić information content (AvgIpc) is 3.12. The summed E-state index contributed by atoms with van der Waals surface area (Å²) in [6.07, 6.45) is 2.16. The molecule has 1 N–H and O–H groups in total. The fraction of sp³-hybridized carbons (Fsp3) is 0.312. The number of thiazole rings is 1. The van der Waals surface area contributed by atoms with Gasteiger partial charge in [-0.15, -0.1) is 11.3 Å². The van der Waals surface area contributed by atoms with Crippen molar-refractivity contribution in [1.29, 1.82) is 0 Å². The number of hydrogen-bond donors (Lipinski definition) is 1. The van der Waals surface area contributed by atoms with E-state index < -0.39 is 5.97 Å². The molecule has 2 aliphatic rings. The quantitative estimate of drug-likeness (QED) is 0.869. The van der Waals surface area contributed by atoms with Crippen LogP contribution >= 0.6 is 27.3 Å². The first kappa shape index (κ1) is 14.8. The molecular weight excluding hydrogens is 380 g/mol. The zero-order valence-electron chi connectivity index (χ0n) is 12.1. The van der Waals surface area contributed by atoms with E-state index in [0.29, 0.717) is 18.1 Å². The SMILES string of the molecule is O=C(O)c1csc(CN2CC3(CC3)c3cc(Br)ccc3C2=O)n1. The molecule has 1 aromatic heterocycles. The van der Waals surface area contributed by atoms with E-state index in [4.69, 9.17) is 5.11 Å². The topological polar surface area (TPSA) is 70.5 Å². The highest BCUT2D eigenvalue weighted by Crippen LogP contribution is 2.53. The molecule has 1 spiro atoms. The summed E-state index contributed by atoms with van der Waals surface area (Å²) in [5.41, 5.74) is 2.00. The van der Waals surface area contributed by atoms with Gasteiger partial charge in [0.1, 0.15) is 5.01 Å². The fourth-order valence-electron chi connectivity index (χ4n) is 3.19. The monoisotopic (exact) mass is 392 g/mol. The number of aromatic nitrogens is 1. The van der Waals surface area contributed by atoms with E-state index >= 15 is 0 Å². The Kier molecular flexibility index (Phi) is 3.32. The molecular formula is C16H13BrN2O3S. The van der Waals surface area contributed by atoms with Crippen molar-refractivity contribution in [2.24, 2.45) is 0 Å². The minimum Gasteiger partial charge on any atom is -0.476 e. The molecule has 1 saturated carbocycles. The van der Waals surface area contributed by atoms with Gasteiger partial charge < -0.3 is 10.0 Å². The Morgan fingerprint density at radius 3 is 2.87 bits per heavy atom. The first-order valence-corrected chi connectivity index (χ1v) is 8.93. The number of carboxylic acid groups (broad SMARTS) is 1. The van der Waals surface area contributed by atoms with E-state index in [1.165, 1.54) is 16.7 Å². The Bertz CT molecular complexity index is 828. The highest BCUT2D eigenvalue weighted by molar-refractivity contribution is 9.10. The summed E-state index contributed by atoms with van der Waals surface area (Å²) in [4.78, 5) is 29.6. The Balaban J connectivity index is 1.65. The summed E-state index contributed by atoms with van der Waals surface area (Å²) in [6, 6.07) is 5.82. The molecule has 0 bridgehead atoms. The van der Waals surface area contributed by atoms with Gasteiger partial charge in [-0.05, 0) is 36.6 Å². The molecule has 0 atom stereocenters. The van der Waals surface area contributed by atoms with Crippen LogP contribution in [0.15, 0.2) is 28.1 Å². The summed E-state index contributed by atoms with van der Waals surface area (Å²) in [5, 5.41) is 11.1. The van der Waals surface area contributed by atoms with Gasteiger partial charge in [0.2, 0.25) is 0 Å². The number of nitrogens with zero attached hydrogens (tertiary/aromatic N) is 2. The second-order valence-corrected chi connectivity index (χ2v) is 7.92. The van der Waals surface area contributed by atoms with Crippen LogP contribution in [-0.4, -0.2) is 33.4 Å². The maximum Gasteiger partial charge on any atom is 0.355 e. The van der Waals surface area contributed by atoms with Crippen molar-refractivity contribution in [2.75, 3.05) is 6.54 Å². The molecule has 1 aromatic carbocycles. The predicted octanol–water partition coefficient (Wildman–Crippen LogP) is 3.29. The first-order valence-electron chi connectivity index (χ1n) is 7.25. The van der Waals surface area contributed by atoms with Crippen LogP contribution in [0.25, 0.3) is 0 Å². The maximum absolute atomic E-state index is 12.8. The minimum absolute atomic E-state index is 0.00269. The van der Waals surface area contributed by atoms with E-state index in [9.17, 15) is 9.59 Å². The number of rotatable bonds is 3. The predicted molar refractivity (Wildman–Crippen MR) is 88.9 cm³/mol. The number of carbonyl (C=O) groups is 2. The number of amides is 1. The van der Waals surface area contributed by atoms with E-state index in [2.05, 4.69) is 27.0 Å². The van der Waals surface area contributed by atoms with Crippen LogP contribution in [0.2, 0.25) is 0 Å². The second-order valence-electron chi connectivity index (χ2n) is 6.06. The molecule has 1 aliphatic heterocycles. The third-order valence-electron chi connectivity index (χ3n) is 4.51.